The Morgan fingerprint density at radius 3 is 2.67 bits per heavy atom. The third-order valence-electron chi connectivity index (χ3n) is 2.71. The molecule has 0 spiro atoms. The van der Waals surface area contributed by atoms with Crippen LogP contribution in [0.5, 0.6) is 0 Å². The van der Waals surface area contributed by atoms with Gasteiger partial charge in [0.1, 0.15) is 0 Å². The maximum atomic E-state index is 7.34. The predicted molar refractivity (Wildman–Crippen MR) is 63.9 cm³/mol. The van der Waals surface area contributed by atoms with Gasteiger partial charge in [-0.25, -0.2) is 0 Å². The van der Waals surface area contributed by atoms with E-state index in [1.807, 2.05) is 4.90 Å². The predicted octanol–water partition coefficient (Wildman–Crippen LogP) is 0.837. The molecule has 1 aliphatic rings. The van der Waals surface area contributed by atoms with Gasteiger partial charge in [0.15, 0.2) is 5.96 Å². The van der Waals surface area contributed by atoms with E-state index < -0.39 is 0 Å². The van der Waals surface area contributed by atoms with Crippen molar-refractivity contribution in [3.8, 4) is 0 Å². The highest BCUT2D eigenvalue weighted by Gasteiger charge is 2.23. The van der Waals surface area contributed by atoms with E-state index in [0.717, 1.165) is 32.6 Å². The molecule has 0 aromatic rings. The molecule has 4 N–H and O–H groups in total. The van der Waals surface area contributed by atoms with Crippen LogP contribution in [-0.4, -0.2) is 37.0 Å². The fourth-order valence-electron chi connectivity index (χ4n) is 1.87. The van der Waals surface area contributed by atoms with E-state index >= 15 is 0 Å². The van der Waals surface area contributed by atoms with Crippen LogP contribution in [0.1, 0.15) is 27.2 Å². The molecule has 0 radical (unpaired) electrons. The summed E-state index contributed by atoms with van der Waals surface area (Å²) in [6.07, 6.45) is 1.15. The van der Waals surface area contributed by atoms with Crippen molar-refractivity contribution in [3.05, 3.63) is 0 Å². The van der Waals surface area contributed by atoms with Crippen LogP contribution < -0.4 is 11.1 Å². The lowest BCUT2D eigenvalue weighted by Crippen LogP contribution is -2.36. The summed E-state index contributed by atoms with van der Waals surface area (Å²) in [5.74, 6) is 0.865. The molecule has 0 aromatic carbocycles. The Balaban J connectivity index is 2.17. The van der Waals surface area contributed by atoms with Gasteiger partial charge in [-0.3, -0.25) is 5.41 Å². The van der Waals surface area contributed by atoms with E-state index in [1.165, 1.54) is 0 Å². The minimum absolute atomic E-state index is 0.216. The van der Waals surface area contributed by atoms with Crippen molar-refractivity contribution >= 4 is 5.96 Å². The van der Waals surface area contributed by atoms with Crippen molar-refractivity contribution in [1.29, 1.82) is 5.41 Å². The van der Waals surface area contributed by atoms with Crippen LogP contribution in [0.3, 0.4) is 0 Å². The van der Waals surface area contributed by atoms with Gasteiger partial charge in [0.25, 0.3) is 0 Å². The Labute approximate surface area is 92.7 Å². The zero-order chi connectivity index (χ0) is 11.5. The standard InChI is InChI=1S/C11H24N4/c1-11(2,3)8-14-6-9-4-5-15(7-9)10(12)13/h9,14H,4-8H2,1-3H3,(H3,12,13)/t9-/m0/s1. The second-order valence-electron chi connectivity index (χ2n) is 5.68. The Kier molecular flexibility index (Phi) is 3.97. The largest absolute Gasteiger partial charge is 0.370 e. The summed E-state index contributed by atoms with van der Waals surface area (Å²) < 4.78 is 0. The average Bonchev–Trinajstić information content (AvgIpc) is 2.50. The van der Waals surface area contributed by atoms with Gasteiger partial charge in [0.2, 0.25) is 0 Å². The molecule has 1 fully saturated rings. The number of guanidine groups is 1. The van der Waals surface area contributed by atoms with Crippen molar-refractivity contribution < 1.29 is 0 Å². The van der Waals surface area contributed by atoms with Crippen molar-refractivity contribution in [2.75, 3.05) is 26.2 Å². The molecule has 1 atom stereocenters. The topological polar surface area (TPSA) is 65.1 Å². The highest BCUT2D eigenvalue weighted by atomic mass is 15.2. The van der Waals surface area contributed by atoms with E-state index in [9.17, 15) is 0 Å². The number of hydrogen-bond donors (Lipinski definition) is 3. The normalized spacial score (nSPS) is 22.1. The van der Waals surface area contributed by atoms with Gasteiger partial charge in [0.05, 0.1) is 0 Å². The van der Waals surface area contributed by atoms with E-state index in [-0.39, 0.29) is 5.96 Å². The zero-order valence-corrected chi connectivity index (χ0v) is 10.1. The molecule has 1 aliphatic heterocycles. The Morgan fingerprint density at radius 1 is 1.53 bits per heavy atom. The van der Waals surface area contributed by atoms with E-state index in [4.69, 9.17) is 11.1 Å². The molecule has 1 saturated heterocycles. The molecule has 4 nitrogen and oxygen atoms in total. The summed E-state index contributed by atoms with van der Waals surface area (Å²) in [4.78, 5) is 1.95. The first-order valence-electron chi connectivity index (χ1n) is 5.68. The maximum absolute atomic E-state index is 7.34. The molecule has 1 rings (SSSR count). The van der Waals surface area contributed by atoms with Gasteiger partial charge in [-0.1, -0.05) is 20.8 Å². The van der Waals surface area contributed by atoms with Gasteiger partial charge in [-0.2, -0.15) is 0 Å². The van der Waals surface area contributed by atoms with Crippen LogP contribution in [0.15, 0.2) is 0 Å². The quantitative estimate of drug-likeness (QED) is 0.480. The van der Waals surface area contributed by atoms with Crippen molar-refractivity contribution in [3.63, 3.8) is 0 Å². The van der Waals surface area contributed by atoms with E-state index in [2.05, 4.69) is 26.1 Å². The zero-order valence-electron chi connectivity index (χ0n) is 10.1. The molecule has 0 bridgehead atoms. The number of nitrogens with zero attached hydrogens (tertiary/aromatic N) is 1. The lowest BCUT2D eigenvalue weighted by atomic mass is 9.96. The molecule has 0 aromatic heterocycles. The molecule has 0 saturated carbocycles. The smallest absolute Gasteiger partial charge is 0.188 e. The average molecular weight is 212 g/mol. The summed E-state index contributed by atoms with van der Waals surface area (Å²) >= 11 is 0. The third-order valence-corrected chi connectivity index (χ3v) is 2.71. The van der Waals surface area contributed by atoms with Crippen LogP contribution in [0, 0.1) is 16.7 Å². The molecule has 15 heavy (non-hydrogen) atoms. The minimum Gasteiger partial charge on any atom is -0.370 e. The molecule has 88 valence electrons. The Hall–Kier alpha value is -0.770. The molecule has 1 heterocycles. The fourth-order valence-corrected chi connectivity index (χ4v) is 1.87. The molecule has 4 heteroatoms. The number of hydrogen-bond acceptors (Lipinski definition) is 2. The first kappa shape index (κ1) is 12.3. The third kappa shape index (κ3) is 4.51. The van der Waals surface area contributed by atoms with E-state index in [0.29, 0.717) is 11.3 Å². The van der Waals surface area contributed by atoms with Crippen LogP contribution >= 0.6 is 0 Å². The second kappa shape index (κ2) is 4.84. The number of likely N-dealkylation sites (tertiary alicyclic amines) is 1. The highest BCUT2D eigenvalue weighted by molar-refractivity contribution is 5.74. The number of nitrogens with one attached hydrogen (secondary N) is 2. The fraction of sp³-hybridized carbons (Fsp3) is 0.909. The van der Waals surface area contributed by atoms with Crippen LogP contribution in [0.4, 0.5) is 0 Å². The molecule has 0 aliphatic carbocycles. The second-order valence-corrected chi connectivity index (χ2v) is 5.68. The van der Waals surface area contributed by atoms with Crippen LogP contribution in [-0.2, 0) is 0 Å². The lowest BCUT2D eigenvalue weighted by molar-refractivity contribution is 0.358. The number of rotatable bonds is 3. The SMILES string of the molecule is CC(C)(C)CNC[C@@H]1CCN(C(=N)N)C1. The van der Waals surface area contributed by atoms with Gasteiger partial charge in [-0.05, 0) is 24.3 Å². The van der Waals surface area contributed by atoms with Gasteiger partial charge < -0.3 is 16.0 Å². The van der Waals surface area contributed by atoms with Crippen molar-refractivity contribution in [1.82, 2.24) is 10.2 Å². The Bertz CT molecular complexity index is 219. The van der Waals surface area contributed by atoms with Crippen molar-refractivity contribution in [2.24, 2.45) is 17.1 Å². The van der Waals surface area contributed by atoms with Crippen molar-refractivity contribution in [2.45, 2.75) is 27.2 Å². The van der Waals surface area contributed by atoms with Crippen LogP contribution in [0.2, 0.25) is 0 Å². The Morgan fingerprint density at radius 2 is 2.20 bits per heavy atom. The summed E-state index contributed by atoms with van der Waals surface area (Å²) in [6.45, 7) is 10.7. The van der Waals surface area contributed by atoms with Gasteiger partial charge >= 0.3 is 0 Å². The first-order valence-corrected chi connectivity index (χ1v) is 5.68. The molecule has 0 unspecified atom stereocenters. The molecular formula is C11H24N4. The first-order chi connectivity index (χ1) is 6.88. The molecular weight excluding hydrogens is 188 g/mol. The molecule has 0 amide bonds. The summed E-state index contributed by atoms with van der Waals surface area (Å²) in [5.41, 5.74) is 5.79. The van der Waals surface area contributed by atoms with Gasteiger partial charge in [-0.15, -0.1) is 0 Å². The monoisotopic (exact) mass is 212 g/mol. The lowest BCUT2D eigenvalue weighted by Gasteiger charge is -2.21. The summed E-state index contributed by atoms with van der Waals surface area (Å²) in [5, 5.41) is 10.8. The van der Waals surface area contributed by atoms with Gasteiger partial charge in [0, 0.05) is 19.6 Å². The summed E-state index contributed by atoms with van der Waals surface area (Å²) in [7, 11) is 0. The van der Waals surface area contributed by atoms with Crippen LogP contribution in [0.25, 0.3) is 0 Å². The number of nitrogens with two attached hydrogens (primary N) is 1. The van der Waals surface area contributed by atoms with E-state index in [1.54, 1.807) is 0 Å². The minimum atomic E-state index is 0.216. The summed E-state index contributed by atoms with van der Waals surface area (Å²) in [6, 6.07) is 0. The highest BCUT2D eigenvalue weighted by Crippen LogP contribution is 2.15. The maximum Gasteiger partial charge on any atom is 0.188 e.